The lowest BCUT2D eigenvalue weighted by molar-refractivity contribution is -0.167. The highest BCUT2D eigenvalue weighted by atomic mass is 16.6. The number of carbonyl (C=O) groups is 3. The van der Waals surface area contributed by atoms with E-state index in [1.165, 1.54) is 51.4 Å². The Morgan fingerprint density at radius 1 is 0.382 bits per heavy atom. The molecule has 0 aromatic rings. The molecule has 1 atom stereocenters. The molecular weight excluding hydrogens is 685 g/mol. The molecule has 0 unspecified atom stereocenters. The maximum Gasteiger partial charge on any atom is 0.306 e. The average Bonchev–Trinajstić information content (AvgIpc) is 3.18. The number of esters is 3. The van der Waals surface area contributed by atoms with Gasteiger partial charge in [-0.2, -0.15) is 0 Å². The number of allylic oxidation sites excluding steroid dienone is 12. The standard InChI is InChI=1S/C49H82O6/c1-4-7-10-13-16-19-22-23-24-25-28-30-33-36-39-42-48(51)54-45-46(55-49(52)43-40-37-34-31-27-21-18-15-12-9-6-3)44-53-47(50)41-38-35-32-29-26-20-17-14-11-8-5-2/h7,10,14-19,23-24,28,30,46H,4-6,8-9,11-13,20-22,25-27,29,31-45H2,1-3H3/b10-7-,17-14-,18-15-,19-16-,24-23-,30-28-/t46-/m1/s1. The Morgan fingerprint density at radius 2 is 0.709 bits per heavy atom. The molecule has 0 aromatic carbocycles. The predicted octanol–water partition coefficient (Wildman–Crippen LogP) is 14.3. The van der Waals surface area contributed by atoms with E-state index in [4.69, 9.17) is 14.2 Å². The molecule has 0 aliphatic rings. The third-order valence-electron chi connectivity index (χ3n) is 9.16. The van der Waals surface area contributed by atoms with Gasteiger partial charge in [-0.15, -0.1) is 0 Å². The topological polar surface area (TPSA) is 78.9 Å². The molecule has 0 saturated heterocycles. The van der Waals surface area contributed by atoms with E-state index in [1.54, 1.807) is 0 Å². The van der Waals surface area contributed by atoms with E-state index in [0.717, 1.165) is 109 Å². The fourth-order valence-electron chi connectivity index (χ4n) is 5.75. The molecule has 314 valence electrons. The normalized spacial score (nSPS) is 12.7. The van der Waals surface area contributed by atoms with E-state index in [1.807, 2.05) is 0 Å². The molecule has 55 heavy (non-hydrogen) atoms. The molecule has 0 amide bonds. The first kappa shape index (κ1) is 51.9. The van der Waals surface area contributed by atoms with Crippen LogP contribution in [-0.2, 0) is 28.6 Å². The third-order valence-corrected chi connectivity index (χ3v) is 9.16. The first-order valence-electron chi connectivity index (χ1n) is 22.4. The Morgan fingerprint density at radius 3 is 1.16 bits per heavy atom. The van der Waals surface area contributed by atoms with Crippen molar-refractivity contribution in [1.29, 1.82) is 0 Å². The molecule has 6 nitrogen and oxygen atoms in total. The van der Waals surface area contributed by atoms with Crippen LogP contribution in [0.5, 0.6) is 0 Å². The second-order valence-corrected chi connectivity index (χ2v) is 14.6. The lowest BCUT2D eigenvalue weighted by atomic mass is 10.1. The molecule has 0 aliphatic carbocycles. The summed E-state index contributed by atoms with van der Waals surface area (Å²) in [4.78, 5) is 37.7. The minimum absolute atomic E-state index is 0.0974. The van der Waals surface area contributed by atoms with Crippen molar-refractivity contribution in [2.24, 2.45) is 0 Å². The van der Waals surface area contributed by atoms with Crippen molar-refractivity contribution in [2.45, 2.75) is 207 Å². The first-order valence-corrected chi connectivity index (χ1v) is 22.4. The van der Waals surface area contributed by atoms with Crippen molar-refractivity contribution in [1.82, 2.24) is 0 Å². The van der Waals surface area contributed by atoms with Crippen LogP contribution in [0, 0.1) is 0 Å². The first-order chi connectivity index (χ1) is 27.0. The second kappa shape index (κ2) is 43.6. The van der Waals surface area contributed by atoms with Gasteiger partial charge in [-0.3, -0.25) is 14.4 Å². The van der Waals surface area contributed by atoms with Gasteiger partial charge in [0.05, 0.1) is 0 Å². The van der Waals surface area contributed by atoms with Gasteiger partial charge in [0.1, 0.15) is 13.2 Å². The van der Waals surface area contributed by atoms with E-state index >= 15 is 0 Å². The van der Waals surface area contributed by atoms with Gasteiger partial charge in [-0.05, 0) is 96.3 Å². The van der Waals surface area contributed by atoms with Gasteiger partial charge in [-0.25, -0.2) is 0 Å². The molecule has 0 saturated carbocycles. The molecule has 0 aromatic heterocycles. The van der Waals surface area contributed by atoms with Crippen LogP contribution in [0.2, 0.25) is 0 Å². The van der Waals surface area contributed by atoms with E-state index in [2.05, 4.69) is 93.7 Å². The largest absolute Gasteiger partial charge is 0.462 e. The summed E-state index contributed by atoms with van der Waals surface area (Å²) >= 11 is 0. The molecule has 0 aliphatic heterocycles. The molecule has 0 rings (SSSR count). The maximum atomic E-state index is 12.7. The molecular formula is C49H82O6. The van der Waals surface area contributed by atoms with Gasteiger partial charge in [0.2, 0.25) is 0 Å². The zero-order chi connectivity index (χ0) is 40.1. The minimum Gasteiger partial charge on any atom is -0.462 e. The number of carbonyl (C=O) groups excluding carboxylic acids is 3. The summed E-state index contributed by atoms with van der Waals surface area (Å²) in [6, 6.07) is 0. The minimum atomic E-state index is -0.797. The summed E-state index contributed by atoms with van der Waals surface area (Å²) in [6.07, 6.45) is 53.1. The summed E-state index contributed by atoms with van der Waals surface area (Å²) in [5.41, 5.74) is 0. The van der Waals surface area contributed by atoms with Crippen molar-refractivity contribution in [2.75, 3.05) is 13.2 Å². The number of rotatable bonds is 39. The second-order valence-electron chi connectivity index (χ2n) is 14.6. The van der Waals surface area contributed by atoms with E-state index < -0.39 is 6.10 Å². The highest BCUT2D eigenvalue weighted by Gasteiger charge is 2.19. The smallest absolute Gasteiger partial charge is 0.306 e. The van der Waals surface area contributed by atoms with Crippen LogP contribution in [0.1, 0.15) is 201 Å². The van der Waals surface area contributed by atoms with E-state index in [0.29, 0.717) is 19.3 Å². The number of hydrogen-bond acceptors (Lipinski definition) is 6. The molecule has 0 fully saturated rings. The number of ether oxygens (including phenoxy) is 3. The van der Waals surface area contributed by atoms with Crippen LogP contribution in [0.3, 0.4) is 0 Å². The van der Waals surface area contributed by atoms with Crippen LogP contribution in [-0.4, -0.2) is 37.2 Å². The van der Waals surface area contributed by atoms with E-state index in [-0.39, 0.29) is 31.1 Å². The SMILES string of the molecule is CC/C=C\C/C=C\C/C=C\C/C=C\CCCCC(=O)OC[C@@H](COC(=O)CCCCCCC/C=C\CCCC)OC(=O)CCCCCCC/C=C\CCCC. The van der Waals surface area contributed by atoms with Gasteiger partial charge >= 0.3 is 17.9 Å². The Hall–Kier alpha value is -3.15. The number of hydrogen-bond donors (Lipinski definition) is 0. The lowest BCUT2D eigenvalue weighted by Gasteiger charge is -2.18. The van der Waals surface area contributed by atoms with Gasteiger partial charge in [0.25, 0.3) is 0 Å². The van der Waals surface area contributed by atoms with Gasteiger partial charge in [-0.1, -0.05) is 158 Å². The zero-order valence-electron chi connectivity index (χ0n) is 35.7. The number of unbranched alkanes of at least 4 members (excludes halogenated alkanes) is 16. The quantitative estimate of drug-likeness (QED) is 0.0268. The van der Waals surface area contributed by atoms with Crippen molar-refractivity contribution in [3.8, 4) is 0 Å². The highest BCUT2D eigenvalue weighted by Crippen LogP contribution is 2.12. The fraction of sp³-hybridized carbons (Fsp3) is 0.694. The summed E-state index contributed by atoms with van der Waals surface area (Å²) in [5.74, 6) is -0.967. The van der Waals surface area contributed by atoms with E-state index in [9.17, 15) is 14.4 Å². The Kier molecular flexibility index (Phi) is 41.1. The zero-order valence-corrected chi connectivity index (χ0v) is 35.7. The molecule has 0 spiro atoms. The Bertz CT molecular complexity index is 1070. The van der Waals surface area contributed by atoms with Crippen molar-refractivity contribution in [3.63, 3.8) is 0 Å². The summed E-state index contributed by atoms with van der Waals surface area (Å²) in [6.45, 7) is 6.37. The van der Waals surface area contributed by atoms with Gasteiger partial charge < -0.3 is 14.2 Å². The third kappa shape index (κ3) is 41.8. The molecule has 0 bridgehead atoms. The van der Waals surface area contributed by atoms with Crippen LogP contribution in [0.25, 0.3) is 0 Å². The Balaban J connectivity index is 4.47. The van der Waals surface area contributed by atoms with Crippen LogP contribution in [0.4, 0.5) is 0 Å². The van der Waals surface area contributed by atoms with Crippen LogP contribution >= 0.6 is 0 Å². The lowest BCUT2D eigenvalue weighted by Crippen LogP contribution is -2.30. The van der Waals surface area contributed by atoms with Crippen molar-refractivity contribution in [3.05, 3.63) is 72.9 Å². The van der Waals surface area contributed by atoms with Gasteiger partial charge in [0.15, 0.2) is 6.10 Å². The molecule has 0 heterocycles. The van der Waals surface area contributed by atoms with Gasteiger partial charge in [0, 0.05) is 19.3 Å². The summed E-state index contributed by atoms with van der Waals surface area (Å²) in [7, 11) is 0. The highest BCUT2D eigenvalue weighted by molar-refractivity contribution is 5.71. The molecule has 0 N–H and O–H groups in total. The fourth-order valence-corrected chi connectivity index (χ4v) is 5.75. The Labute approximate surface area is 338 Å². The van der Waals surface area contributed by atoms with Crippen LogP contribution < -0.4 is 0 Å². The molecule has 6 heteroatoms. The monoisotopic (exact) mass is 767 g/mol. The average molecular weight is 767 g/mol. The predicted molar refractivity (Wildman–Crippen MR) is 233 cm³/mol. The summed E-state index contributed by atoms with van der Waals surface area (Å²) < 4.78 is 16.6. The van der Waals surface area contributed by atoms with Crippen LogP contribution in [0.15, 0.2) is 72.9 Å². The maximum absolute atomic E-state index is 12.7. The summed E-state index contributed by atoms with van der Waals surface area (Å²) in [5, 5.41) is 0. The molecule has 0 radical (unpaired) electrons. The van der Waals surface area contributed by atoms with Crippen molar-refractivity contribution >= 4 is 17.9 Å². The van der Waals surface area contributed by atoms with Crippen molar-refractivity contribution < 1.29 is 28.6 Å².